The molecule has 16 heavy (non-hydrogen) atoms. The number of cyclic esters (lactones) is 1. The molecule has 1 N–H and O–H groups in total. The minimum absolute atomic E-state index is 0.0908. The Morgan fingerprint density at radius 2 is 2.25 bits per heavy atom. The van der Waals surface area contributed by atoms with Crippen LogP contribution in [0.15, 0.2) is 24.3 Å². The van der Waals surface area contributed by atoms with Crippen LogP contribution in [0.5, 0.6) is 0 Å². The first kappa shape index (κ1) is 11.0. The highest BCUT2D eigenvalue weighted by Crippen LogP contribution is 2.36. The van der Waals surface area contributed by atoms with Crippen molar-refractivity contribution < 1.29 is 19.4 Å². The van der Waals surface area contributed by atoms with E-state index in [4.69, 9.17) is 21.4 Å². The molecule has 1 saturated heterocycles. The lowest BCUT2D eigenvalue weighted by Crippen LogP contribution is -2.17. The van der Waals surface area contributed by atoms with Crippen molar-refractivity contribution in [2.24, 2.45) is 5.92 Å². The van der Waals surface area contributed by atoms with Gasteiger partial charge in [-0.2, -0.15) is 0 Å². The van der Waals surface area contributed by atoms with Gasteiger partial charge in [0.05, 0.1) is 6.42 Å². The van der Waals surface area contributed by atoms with Gasteiger partial charge in [0.1, 0.15) is 12.0 Å². The number of ether oxygens (including phenoxy) is 1. The quantitative estimate of drug-likeness (QED) is 0.804. The molecule has 2 atom stereocenters. The Bertz CT molecular complexity index is 443. The number of hydrogen-bond donors (Lipinski definition) is 1. The van der Waals surface area contributed by atoms with Gasteiger partial charge in [0, 0.05) is 5.02 Å². The van der Waals surface area contributed by atoms with Gasteiger partial charge < -0.3 is 9.84 Å². The molecule has 4 nitrogen and oxygen atoms in total. The number of halogens is 1. The number of carbonyl (C=O) groups excluding carboxylic acids is 1. The number of carbonyl (C=O) groups is 2. The molecule has 1 fully saturated rings. The van der Waals surface area contributed by atoms with Crippen LogP contribution in [0.3, 0.4) is 0 Å². The maximum Gasteiger partial charge on any atom is 0.311 e. The van der Waals surface area contributed by atoms with E-state index in [1.807, 2.05) is 0 Å². The van der Waals surface area contributed by atoms with Crippen LogP contribution in [0.25, 0.3) is 0 Å². The maximum atomic E-state index is 11.1. The third-order valence-corrected chi connectivity index (χ3v) is 2.74. The van der Waals surface area contributed by atoms with Crippen LogP contribution in [-0.2, 0) is 14.3 Å². The number of carboxylic acids is 1. The van der Waals surface area contributed by atoms with Gasteiger partial charge in [-0.15, -0.1) is 0 Å². The molecule has 0 aromatic heterocycles. The first-order valence-electron chi connectivity index (χ1n) is 4.75. The lowest BCUT2D eigenvalue weighted by atomic mass is 9.95. The average molecular weight is 241 g/mol. The molecule has 0 bridgehead atoms. The van der Waals surface area contributed by atoms with Gasteiger partial charge in [0.2, 0.25) is 0 Å². The van der Waals surface area contributed by atoms with Gasteiger partial charge in [0.15, 0.2) is 0 Å². The number of carboxylic acid groups (broad SMARTS) is 1. The molecule has 1 aliphatic heterocycles. The SMILES string of the molecule is O=C1C[C@@H](C(=O)O)[C@H](c2cccc(Cl)c2)O1. The van der Waals surface area contributed by atoms with E-state index in [0.717, 1.165) is 0 Å². The molecule has 0 aliphatic carbocycles. The van der Waals surface area contributed by atoms with E-state index in [0.29, 0.717) is 10.6 Å². The van der Waals surface area contributed by atoms with Crippen molar-refractivity contribution in [1.82, 2.24) is 0 Å². The molecule has 0 amide bonds. The molecular formula is C11H9ClO4. The molecule has 0 radical (unpaired) electrons. The first-order chi connectivity index (χ1) is 7.58. The molecule has 1 aliphatic rings. The second kappa shape index (κ2) is 4.14. The maximum absolute atomic E-state index is 11.1. The van der Waals surface area contributed by atoms with Crippen LogP contribution in [0.4, 0.5) is 0 Å². The summed E-state index contributed by atoms with van der Waals surface area (Å²) in [5.74, 6) is -2.35. The number of esters is 1. The van der Waals surface area contributed by atoms with Gasteiger partial charge in [-0.3, -0.25) is 9.59 Å². The number of aliphatic carboxylic acids is 1. The summed E-state index contributed by atoms with van der Waals surface area (Å²) in [6.45, 7) is 0. The van der Waals surface area contributed by atoms with Crippen molar-refractivity contribution >= 4 is 23.5 Å². The summed E-state index contributed by atoms with van der Waals surface area (Å²) < 4.78 is 5.00. The Labute approximate surface area is 96.8 Å². The lowest BCUT2D eigenvalue weighted by Gasteiger charge is -2.14. The third kappa shape index (κ3) is 2.02. The van der Waals surface area contributed by atoms with E-state index in [2.05, 4.69) is 0 Å². The standard InChI is InChI=1S/C11H9ClO4/c12-7-3-1-2-6(4-7)10-8(11(14)15)5-9(13)16-10/h1-4,8,10H,5H2,(H,14,15)/t8-,10+/m1/s1. The summed E-state index contributed by atoms with van der Waals surface area (Å²) in [5, 5.41) is 9.46. The van der Waals surface area contributed by atoms with Crippen molar-refractivity contribution in [3.8, 4) is 0 Å². The van der Waals surface area contributed by atoms with Crippen LogP contribution in [0, 0.1) is 5.92 Å². The highest BCUT2D eigenvalue weighted by molar-refractivity contribution is 6.30. The summed E-state index contributed by atoms with van der Waals surface area (Å²) in [5.41, 5.74) is 0.616. The van der Waals surface area contributed by atoms with E-state index in [-0.39, 0.29) is 6.42 Å². The Hall–Kier alpha value is -1.55. The predicted molar refractivity (Wildman–Crippen MR) is 56.0 cm³/mol. The second-order valence-corrected chi connectivity index (χ2v) is 4.05. The monoisotopic (exact) mass is 240 g/mol. The summed E-state index contributed by atoms with van der Waals surface area (Å²) in [7, 11) is 0. The lowest BCUT2D eigenvalue weighted by molar-refractivity contribution is -0.144. The molecule has 2 rings (SSSR count). The first-order valence-corrected chi connectivity index (χ1v) is 5.13. The topological polar surface area (TPSA) is 63.6 Å². The molecule has 0 spiro atoms. The molecular weight excluding hydrogens is 232 g/mol. The molecule has 1 heterocycles. The fraction of sp³-hybridized carbons (Fsp3) is 0.273. The van der Waals surface area contributed by atoms with E-state index in [1.165, 1.54) is 0 Å². The summed E-state index contributed by atoms with van der Waals surface area (Å²) in [6.07, 6.45) is -0.823. The fourth-order valence-electron chi connectivity index (χ4n) is 1.76. The van der Waals surface area contributed by atoms with Crippen molar-refractivity contribution in [3.63, 3.8) is 0 Å². The average Bonchev–Trinajstić information content (AvgIpc) is 2.60. The smallest absolute Gasteiger partial charge is 0.311 e. The van der Waals surface area contributed by atoms with Gasteiger partial charge in [-0.1, -0.05) is 23.7 Å². The van der Waals surface area contributed by atoms with Crippen LogP contribution in [0.1, 0.15) is 18.1 Å². The molecule has 1 aromatic rings. The second-order valence-electron chi connectivity index (χ2n) is 3.61. The molecule has 0 unspecified atom stereocenters. The normalized spacial score (nSPS) is 24.2. The van der Waals surface area contributed by atoms with Gasteiger partial charge >= 0.3 is 11.9 Å². The van der Waals surface area contributed by atoms with Crippen LogP contribution in [0.2, 0.25) is 5.02 Å². The minimum Gasteiger partial charge on any atom is -0.481 e. The van der Waals surface area contributed by atoms with Crippen molar-refractivity contribution in [1.29, 1.82) is 0 Å². The number of hydrogen-bond acceptors (Lipinski definition) is 3. The number of benzene rings is 1. The van der Waals surface area contributed by atoms with E-state index in [9.17, 15) is 9.59 Å². The van der Waals surface area contributed by atoms with Crippen LogP contribution >= 0.6 is 11.6 Å². The largest absolute Gasteiger partial charge is 0.481 e. The Morgan fingerprint density at radius 1 is 1.50 bits per heavy atom. The Kier molecular flexibility index (Phi) is 2.83. The summed E-state index contributed by atoms with van der Waals surface area (Å²) >= 11 is 5.80. The third-order valence-electron chi connectivity index (χ3n) is 2.50. The van der Waals surface area contributed by atoms with Crippen LogP contribution < -0.4 is 0 Å². The minimum atomic E-state index is -1.03. The highest BCUT2D eigenvalue weighted by Gasteiger charge is 2.40. The Balaban J connectivity index is 2.32. The highest BCUT2D eigenvalue weighted by atomic mass is 35.5. The summed E-state index contributed by atoms with van der Waals surface area (Å²) in [4.78, 5) is 22.1. The van der Waals surface area contributed by atoms with Gasteiger partial charge in [0.25, 0.3) is 0 Å². The van der Waals surface area contributed by atoms with Crippen molar-refractivity contribution in [2.75, 3.05) is 0 Å². The molecule has 5 heteroatoms. The molecule has 84 valence electrons. The van der Waals surface area contributed by atoms with Crippen molar-refractivity contribution in [3.05, 3.63) is 34.9 Å². The van der Waals surface area contributed by atoms with Crippen molar-refractivity contribution in [2.45, 2.75) is 12.5 Å². The predicted octanol–water partition coefficient (Wildman–Crippen LogP) is 2.03. The van der Waals surface area contributed by atoms with Crippen LogP contribution in [-0.4, -0.2) is 17.0 Å². The zero-order valence-electron chi connectivity index (χ0n) is 8.22. The van der Waals surface area contributed by atoms with E-state index >= 15 is 0 Å². The number of rotatable bonds is 2. The molecule has 1 aromatic carbocycles. The Morgan fingerprint density at radius 3 is 2.88 bits per heavy atom. The van der Waals surface area contributed by atoms with Gasteiger partial charge in [-0.25, -0.2) is 0 Å². The van der Waals surface area contributed by atoms with Gasteiger partial charge in [-0.05, 0) is 17.7 Å². The zero-order valence-corrected chi connectivity index (χ0v) is 8.98. The fourth-order valence-corrected chi connectivity index (χ4v) is 1.96. The summed E-state index contributed by atoms with van der Waals surface area (Å²) in [6, 6.07) is 6.69. The van der Waals surface area contributed by atoms with E-state index in [1.54, 1.807) is 24.3 Å². The zero-order chi connectivity index (χ0) is 11.7. The van der Waals surface area contributed by atoms with E-state index < -0.39 is 24.0 Å². The molecule has 0 saturated carbocycles.